The molecule has 5 nitrogen and oxygen atoms in total. The minimum Gasteiger partial charge on any atom is -0.749 e. The standard InChI is InChI=1S/C9H18NO4P/c1-3-5-7-13-15(12,9-10-11)14-8-6-4-2/h3-8H2,1-2H3. The van der Waals surface area contributed by atoms with Crippen LogP contribution in [-0.4, -0.2) is 19.2 Å². The smallest absolute Gasteiger partial charge is 0.629 e. The van der Waals surface area contributed by atoms with Crippen molar-refractivity contribution in [2.24, 2.45) is 5.16 Å². The Hall–Kier alpha value is -0.470. The number of rotatable bonds is 9. The van der Waals surface area contributed by atoms with Gasteiger partial charge in [-0.3, -0.25) is 9.05 Å². The molecule has 0 aromatic carbocycles. The molecule has 0 atom stereocenters. The second-order valence-corrected chi connectivity index (χ2v) is 4.77. The van der Waals surface area contributed by atoms with Gasteiger partial charge in [0.05, 0.1) is 13.2 Å². The minimum absolute atomic E-state index is 0.294. The van der Waals surface area contributed by atoms with Crippen LogP contribution in [0.4, 0.5) is 0 Å². The van der Waals surface area contributed by atoms with Gasteiger partial charge in [-0.1, -0.05) is 26.7 Å². The fourth-order valence-corrected chi connectivity index (χ4v) is 1.83. The highest BCUT2D eigenvalue weighted by atomic mass is 31.2. The molecule has 0 aliphatic carbocycles. The molecule has 0 aliphatic heterocycles. The van der Waals surface area contributed by atoms with Gasteiger partial charge in [0.2, 0.25) is 0 Å². The highest BCUT2D eigenvalue weighted by Gasteiger charge is 2.39. The lowest BCUT2D eigenvalue weighted by Crippen LogP contribution is -2.00. The molecular formula is C9H18NO4P. The van der Waals surface area contributed by atoms with Crippen molar-refractivity contribution in [1.29, 1.82) is 0 Å². The molecular weight excluding hydrogens is 217 g/mol. The fraction of sp³-hybridized carbons (Fsp3) is 0.889. The van der Waals surface area contributed by atoms with Crippen LogP contribution >= 0.6 is 7.60 Å². The van der Waals surface area contributed by atoms with E-state index in [1.54, 1.807) is 0 Å². The highest BCUT2D eigenvalue weighted by molar-refractivity contribution is 7.69. The summed E-state index contributed by atoms with van der Waals surface area (Å²) < 4.78 is 21.7. The van der Waals surface area contributed by atoms with E-state index in [4.69, 9.17) is 9.05 Å². The molecule has 0 aromatic rings. The van der Waals surface area contributed by atoms with E-state index in [0.717, 1.165) is 25.7 Å². The van der Waals surface area contributed by atoms with Crippen LogP contribution in [-0.2, 0) is 13.6 Å². The van der Waals surface area contributed by atoms with E-state index in [1.165, 1.54) is 0 Å². The third-order valence-electron chi connectivity index (χ3n) is 1.68. The molecule has 0 bridgehead atoms. The van der Waals surface area contributed by atoms with Gasteiger partial charge in [0, 0.05) is 0 Å². The lowest BCUT2D eigenvalue weighted by Gasteiger charge is -2.04. The van der Waals surface area contributed by atoms with Gasteiger partial charge in [-0.15, -0.1) is 0 Å². The maximum absolute atomic E-state index is 11.7. The maximum atomic E-state index is 11.7. The minimum atomic E-state index is -3.51. The van der Waals surface area contributed by atoms with Gasteiger partial charge in [0.1, 0.15) is 0 Å². The second-order valence-electron chi connectivity index (χ2n) is 3.06. The average Bonchev–Trinajstić information content (AvgIpc) is 2.19. The Morgan fingerprint density at radius 2 is 1.67 bits per heavy atom. The Morgan fingerprint density at radius 3 is 2.00 bits per heavy atom. The Balaban J connectivity index is 4.01. The van der Waals surface area contributed by atoms with Crippen molar-refractivity contribution in [2.45, 2.75) is 39.5 Å². The van der Waals surface area contributed by atoms with Crippen LogP contribution in [0.5, 0.6) is 0 Å². The fourth-order valence-electron chi connectivity index (χ4n) is 0.803. The van der Waals surface area contributed by atoms with Gasteiger partial charge in [-0.05, 0) is 18.0 Å². The van der Waals surface area contributed by atoms with Crippen LogP contribution in [0.1, 0.15) is 39.5 Å². The molecule has 0 heterocycles. The Kier molecular flexibility index (Phi) is 8.53. The summed E-state index contributed by atoms with van der Waals surface area (Å²) in [5.74, 6) is 1.86. The molecule has 0 radical (unpaired) electrons. The highest BCUT2D eigenvalue weighted by Crippen LogP contribution is 2.45. The zero-order valence-corrected chi connectivity index (χ0v) is 10.2. The number of hydrogen-bond donors (Lipinski definition) is 0. The van der Waals surface area contributed by atoms with Gasteiger partial charge < -0.3 is 5.21 Å². The Labute approximate surface area is 91.0 Å². The van der Waals surface area contributed by atoms with Crippen molar-refractivity contribution in [3.8, 4) is 0 Å². The molecule has 0 saturated heterocycles. The van der Waals surface area contributed by atoms with Gasteiger partial charge >= 0.3 is 13.6 Å². The zero-order valence-electron chi connectivity index (χ0n) is 9.27. The van der Waals surface area contributed by atoms with E-state index < -0.39 is 7.60 Å². The monoisotopic (exact) mass is 235 g/mol. The molecule has 6 heteroatoms. The van der Waals surface area contributed by atoms with Gasteiger partial charge in [-0.2, -0.15) is 0 Å². The van der Waals surface area contributed by atoms with E-state index >= 15 is 0 Å². The van der Waals surface area contributed by atoms with E-state index in [1.807, 2.05) is 19.8 Å². The summed E-state index contributed by atoms with van der Waals surface area (Å²) in [5.41, 5.74) is 0. The summed E-state index contributed by atoms with van der Waals surface area (Å²) in [6.45, 7) is 4.56. The first-order valence-electron chi connectivity index (χ1n) is 5.17. The van der Waals surface area contributed by atoms with Crippen LogP contribution in [0.25, 0.3) is 0 Å². The average molecular weight is 235 g/mol. The summed E-state index contributed by atoms with van der Waals surface area (Å²) in [6, 6.07) is 0. The largest absolute Gasteiger partial charge is 0.749 e. The molecule has 0 unspecified atom stereocenters. The molecule has 0 fully saturated rings. The zero-order chi connectivity index (χ0) is 11.6. The molecule has 0 saturated carbocycles. The molecule has 0 amide bonds. The summed E-state index contributed by atoms with van der Waals surface area (Å²) in [5, 5.41) is 12.3. The number of nitrogens with zero attached hydrogens (tertiary/aromatic N) is 1. The first-order chi connectivity index (χ1) is 7.18. The van der Waals surface area contributed by atoms with E-state index in [-0.39, 0.29) is 0 Å². The predicted octanol–water partition coefficient (Wildman–Crippen LogP) is 3.22. The maximum Gasteiger partial charge on any atom is 0.629 e. The van der Waals surface area contributed by atoms with Crippen LogP contribution < -0.4 is 0 Å². The van der Waals surface area contributed by atoms with E-state index in [9.17, 15) is 9.77 Å². The first-order valence-corrected chi connectivity index (χ1v) is 6.71. The third kappa shape index (κ3) is 7.46. The third-order valence-corrected chi connectivity index (χ3v) is 3.05. The molecule has 0 aliphatic rings. The van der Waals surface area contributed by atoms with Crippen molar-refractivity contribution < 1.29 is 13.6 Å². The van der Waals surface area contributed by atoms with Gasteiger partial charge in [0.25, 0.3) is 0 Å². The number of hydrogen-bond acceptors (Lipinski definition) is 5. The summed E-state index contributed by atoms with van der Waals surface area (Å²) >= 11 is 0. The van der Waals surface area contributed by atoms with Gasteiger partial charge in [0.15, 0.2) is 0 Å². The molecule has 88 valence electrons. The normalized spacial score (nSPS) is 11.9. The Bertz CT molecular complexity index is 206. The van der Waals surface area contributed by atoms with Crippen molar-refractivity contribution in [1.82, 2.24) is 0 Å². The molecule has 0 N–H and O–H groups in total. The molecule has 0 aromatic heterocycles. The lowest BCUT2D eigenvalue weighted by atomic mass is 10.4. The molecule has 0 spiro atoms. The quantitative estimate of drug-likeness (QED) is 0.202. The lowest BCUT2D eigenvalue weighted by molar-refractivity contribution is 0.212. The van der Waals surface area contributed by atoms with Crippen LogP contribution in [0.3, 0.4) is 0 Å². The van der Waals surface area contributed by atoms with Gasteiger partial charge in [-0.25, -0.2) is 4.57 Å². The van der Waals surface area contributed by atoms with Crippen molar-refractivity contribution in [3.05, 3.63) is 5.21 Å². The van der Waals surface area contributed by atoms with Crippen LogP contribution in [0.15, 0.2) is 5.16 Å². The summed E-state index contributed by atoms with van der Waals surface area (Å²) in [7, 11) is -3.51. The first kappa shape index (κ1) is 14.5. The molecule has 0 rings (SSSR count). The van der Waals surface area contributed by atoms with Crippen molar-refractivity contribution in [3.63, 3.8) is 0 Å². The van der Waals surface area contributed by atoms with E-state index in [0.29, 0.717) is 13.2 Å². The Morgan fingerprint density at radius 1 is 1.20 bits per heavy atom. The summed E-state index contributed by atoms with van der Waals surface area (Å²) in [6.07, 6.45) is 3.37. The SMILES string of the molecule is CCCCOP(=O)([C+]=N[O-])OCCCC. The van der Waals surface area contributed by atoms with Crippen LogP contribution in [0.2, 0.25) is 0 Å². The van der Waals surface area contributed by atoms with E-state index in [2.05, 4.69) is 5.16 Å². The second kappa shape index (κ2) is 8.81. The van der Waals surface area contributed by atoms with Crippen molar-refractivity contribution >= 4 is 13.6 Å². The summed E-state index contributed by atoms with van der Waals surface area (Å²) in [4.78, 5) is 0. The van der Waals surface area contributed by atoms with Crippen molar-refractivity contribution in [2.75, 3.05) is 13.2 Å². The topological polar surface area (TPSA) is 71.0 Å². The van der Waals surface area contributed by atoms with Crippen LogP contribution in [0, 0.1) is 5.21 Å². The predicted molar refractivity (Wildman–Crippen MR) is 60.1 cm³/mol. The molecule has 15 heavy (non-hydrogen) atoms. The number of unbranched alkanes of at least 4 members (excludes halogenated alkanes) is 2.